The number of carbonyl (C=O) groups is 2. The number of carbonyl (C=O) groups excluding carboxylic acids is 2. The van der Waals surface area contributed by atoms with E-state index in [0.29, 0.717) is 10.6 Å². The third kappa shape index (κ3) is 10.2. The Labute approximate surface area is 312 Å². The zero-order valence-electron chi connectivity index (χ0n) is 28.3. The minimum absolute atomic E-state index is 0.0132. The van der Waals surface area contributed by atoms with Crippen molar-refractivity contribution in [2.75, 3.05) is 10.6 Å². The molecular formula is C34H30ClFN8O8S2. The Hall–Kier alpha value is -5.86. The fraction of sp³-hybridized carbons (Fsp3) is 0.118. The van der Waals surface area contributed by atoms with Crippen molar-refractivity contribution in [3.63, 3.8) is 0 Å². The van der Waals surface area contributed by atoms with E-state index in [1.807, 2.05) is 0 Å². The van der Waals surface area contributed by atoms with Gasteiger partial charge in [-0.05, 0) is 59.7 Å². The summed E-state index contributed by atoms with van der Waals surface area (Å²) >= 11 is 6.05. The van der Waals surface area contributed by atoms with E-state index in [0.717, 1.165) is 0 Å². The third-order valence-electron chi connectivity index (χ3n) is 7.27. The van der Waals surface area contributed by atoms with Gasteiger partial charge in [0.1, 0.15) is 5.82 Å². The van der Waals surface area contributed by atoms with E-state index < -0.39 is 31.8 Å². The molecule has 0 aliphatic heterocycles. The first-order valence-electron chi connectivity index (χ1n) is 15.5. The number of hydrogen-bond donors (Lipinski definition) is 4. The maximum atomic E-state index is 13.7. The van der Waals surface area contributed by atoms with Gasteiger partial charge >= 0.3 is 0 Å². The molecule has 0 bridgehead atoms. The van der Waals surface area contributed by atoms with Crippen LogP contribution < -0.4 is 20.9 Å². The maximum Gasteiger partial charge on any atom is 0.249 e. The smallest absolute Gasteiger partial charge is 0.249 e. The van der Waals surface area contributed by atoms with Crippen LogP contribution in [-0.2, 0) is 42.5 Å². The van der Waals surface area contributed by atoms with Crippen molar-refractivity contribution in [2.24, 2.45) is 10.3 Å². The molecule has 0 fully saturated rings. The van der Waals surface area contributed by atoms with Crippen molar-refractivity contribution in [3.05, 3.63) is 119 Å². The lowest BCUT2D eigenvalue weighted by molar-refractivity contribution is -0.116. The number of aromatic nitrogens is 4. The molecule has 2 amide bonds. The van der Waals surface area contributed by atoms with Gasteiger partial charge in [0.2, 0.25) is 55.4 Å². The Morgan fingerprint density at radius 2 is 1.09 bits per heavy atom. The van der Waals surface area contributed by atoms with E-state index in [2.05, 4.69) is 31.0 Å². The Morgan fingerprint density at radius 1 is 0.667 bits per heavy atom. The number of amides is 2. The second kappa shape index (κ2) is 16.4. The highest BCUT2D eigenvalue weighted by Gasteiger charge is 2.22. The largest absolute Gasteiger partial charge is 0.421 e. The number of aryl methyl sites for hydroxylation is 2. The van der Waals surface area contributed by atoms with Gasteiger partial charge in [0, 0.05) is 30.2 Å². The maximum absolute atomic E-state index is 13.7. The molecule has 0 aliphatic rings. The Bertz CT molecular complexity index is 2400. The minimum Gasteiger partial charge on any atom is -0.421 e. The fourth-order valence-corrected chi connectivity index (χ4v) is 6.58. The first kappa shape index (κ1) is 39.3. The number of hydrogen-bond acceptors (Lipinski definition) is 12. The van der Waals surface area contributed by atoms with Crippen LogP contribution in [0.1, 0.15) is 22.9 Å². The van der Waals surface area contributed by atoms with Gasteiger partial charge in [0.05, 0.1) is 33.8 Å². The van der Waals surface area contributed by atoms with E-state index in [4.69, 9.17) is 30.7 Å². The van der Waals surface area contributed by atoms with Gasteiger partial charge < -0.3 is 19.5 Å². The second-order valence-corrected chi connectivity index (χ2v) is 14.9. The number of benzene rings is 4. The molecule has 20 heteroatoms. The number of anilines is 2. The number of primary sulfonamides is 2. The standard InChI is InChI=1S/C17H15ClN4O4S.C17H15FN4O4S/c2*1-10-21-22-17(26-10)13-7-6-12(9-15(13)27(19,24)25)20-16(23)8-11-4-2-3-5-14(11)18/h2*2-7,9H,8H2,1H3,(H,20,23)(H2,19,24,25). The predicted octanol–water partition coefficient (Wildman–Crippen LogP) is 4.54. The van der Waals surface area contributed by atoms with E-state index in [1.54, 1.807) is 44.2 Å². The second-order valence-electron chi connectivity index (χ2n) is 11.4. The Kier molecular flexibility index (Phi) is 12.0. The number of nitrogens with zero attached hydrogens (tertiary/aromatic N) is 4. The van der Waals surface area contributed by atoms with Crippen molar-refractivity contribution in [3.8, 4) is 22.9 Å². The molecule has 2 aromatic heterocycles. The molecule has 0 spiro atoms. The van der Waals surface area contributed by atoms with Gasteiger partial charge in [-0.25, -0.2) is 31.5 Å². The summed E-state index contributed by atoms with van der Waals surface area (Å²) in [6.07, 6.45) is -0.170. The average molecular weight is 797 g/mol. The fourth-order valence-electron chi connectivity index (χ4n) is 4.87. The first-order chi connectivity index (χ1) is 25.5. The van der Waals surface area contributed by atoms with Crippen molar-refractivity contribution in [1.29, 1.82) is 0 Å². The summed E-state index contributed by atoms with van der Waals surface area (Å²) in [7, 11) is -8.23. The molecule has 4 aromatic carbocycles. The topological polar surface area (TPSA) is 256 Å². The highest BCUT2D eigenvalue weighted by atomic mass is 35.5. The van der Waals surface area contributed by atoms with Gasteiger partial charge in [0.15, 0.2) is 0 Å². The summed E-state index contributed by atoms with van der Waals surface area (Å²) in [4.78, 5) is 23.9. The summed E-state index contributed by atoms with van der Waals surface area (Å²) in [5.74, 6) is -0.826. The van der Waals surface area contributed by atoms with Crippen LogP contribution in [0.2, 0.25) is 5.02 Å². The van der Waals surface area contributed by atoms with E-state index >= 15 is 0 Å². The molecule has 0 atom stereocenters. The molecule has 2 heterocycles. The van der Waals surface area contributed by atoms with Gasteiger partial charge in [-0.15, -0.1) is 20.4 Å². The monoisotopic (exact) mass is 796 g/mol. The van der Waals surface area contributed by atoms with Crippen LogP contribution in [0.4, 0.5) is 15.8 Å². The number of nitrogens with two attached hydrogens (primary N) is 2. The molecule has 6 rings (SSSR count). The van der Waals surface area contributed by atoms with Gasteiger partial charge in [-0.2, -0.15) is 0 Å². The lowest BCUT2D eigenvalue weighted by Gasteiger charge is -2.10. The van der Waals surface area contributed by atoms with Crippen LogP contribution in [0.25, 0.3) is 22.9 Å². The quantitative estimate of drug-likeness (QED) is 0.149. The molecule has 0 aliphatic carbocycles. The summed E-state index contributed by atoms with van der Waals surface area (Å²) < 4.78 is 72.0. The Morgan fingerprint density at radius 3 is 1.50 bits per heavy atom. The summed E-state index contributed by atoms with van der Waals surface area (Å²) in [6, 6.07) is 21.1. The zero-order valence-corrected chi connectivity index (χ0v) is 30.7. The molecule has 54 heavy (non-hydrogen) atoms. The van der Waals surface area contributed by atoms with Crippen molar-refractivity contribution in [2.45, 2.75) is 36.5 Å². The molecule has 16 nitrogen and oxygen atoms in total. The van der Waals surface area contributed by atoms with Gasteiger partial charge in [-0.1, -0.05) is 48.0 Å². The van der Waals surface area contributed by atoms with Crippen LogP contribution >= 0.6 is 11.6 Å². The number of halogens is 2. The predicted molar refractivity (Wildman–Crippen MR) is 194 cm³/mol. The molecule has 6 aromatic rings. The van der Waals surface area contributed by atoms with Crippen LogP contribution in [-0.4, -0.2) is 49.0 Å². The van der Waals surface area contributed by atoms with E-state index in [-0.39, 0.29) is 80.2 Å². The van der Waals surface area contributed by atoms with Crippen LogP contribution in [0.15, 0.2) is 104 Å². The van der Waals surface area contributed by atoms with Crippen LogP contribution in [0, 0.1) is 19.7 Å². The highest BCUT2D eigenvalue weighted by molar-refractivity contribution is 7.89. The molecule has 6 N–H and O–H groups in total. The number of sulfonamides is 2. The summed E-state index contributed by atoms with van der Waals surface area (Å²) in [5, 5.41) is 31.1. The molecule has 280 valence electrons. The van der Waals surface area contributed by atoms with Gasteiger partial charge in [0.25, 0.3) is 0 Å². The van der Waals surface area contributed by atoms with Crippen molar-refractivity contribution in [1.82, 2.24) is 20.4 Å². The van der Waals surface area contributed by atoms with Crippen molar-refractivity contribution >= 4 is 54.8 Å². The van der Waals surface area contributed by atoms with E-state index in [1.165, 1.54) is 54.6 Å². The summed E-state index contributed by atoms with van der Waals surface area (Å²) in [5.41, 5.74) is 1.59. The lowest BCUT2D eigenvalue weighted by atomic mass is 10.1. The van der Waals surface area contributed by atoms with Gasteiger partial charge in [-0.3, -0.25) is 9.59 Å². The average Bonchev–Trinajstić information content (AvgIpc) is 3.74. The van der Waals surface area contributed by atoms with E-state index in [9.17, 15) is 30.8 Å². The van der Waals surface area contributed by atoms with Crippen LogP contribution in [0.3, 0.4) is 0 Å². The number of nitrogens with one attached hydrogen (secondary N) is 2. The first-order valence-corrected chi connectivity index (χ1v) is 19.0. The summed E-state index contributed by atoms with van der Waals surface area (Å²) in [6.45, 7) is 3.14. The lowest BCUT2D eigenvalue weighted by Crippen LogP contribution is -2.17. The molecule has 0 saturated heterocycles. The molecule has 0 radical (unpaired) electrons. The normalized spacial score (nSPS) is 11.4. The molecular weight excluding hydrogens is 767 g/mol. The zero-order chi connectivity index (χ0) is 39.2. The minimum atomic E-state index is -4.14. The van der Waals surface area contributed by atoms with Crippen LogP contribution in [0.5, 0.6) is 0 Å². The Balaban J connectivity index is 0.000000208. The SMILES string of the molecule is Cc1nnc(-c2ccc(NC(=O)Cc3ccccc3Cl)cc2S(N)(=O)=O)o1.Cc1nnc(-c2ccc(NC(=O)Cc3ccccc3F)cc2S(N)(=O)=O)o1. The highest BCUT2D eigenvalue weighted by Crippen LogP contribution is 2.30. The van der Waals surface area contributed by atoms with Crippen molar-refractivity contribution < 1.29 is 39.6 Å². The number of rotatable bonds is 10. The molecule has 0 saturated carbocycles. The molecule has 0 unspecified atom stereocenters. The third-order valence-corrected chi connectivity index (χ3v) is 9.54.